The average Bonchev–Trinajstić information content (AvgIpc) is 2.44. The monoisotopic (exact) mass is 301 g/mol. The van der Waals surface area contributed by atoms with Crippen LogP contribution in [0.1, 0.15) is 25.7 Å². The topological polar surface area (TPSA) is 104 Å². The molecule has 0 spiro atoms. The fourth-order valence-corrected chi connectivity index (χ4v) is 2.57. The molecule has 1 aromatic rings. The van der Waals surface area contributed by atoms with E-state index >= 15 is 0 Å². The Balaban J connectivity index is 2.53. The van der Waals surface area contributed by atoms with Gasteiger partial charge in [-0.3, -0.25) is 0 Å². The summed E-state index contributed by atoms with van der Waals surface area (Å²) in [6.07, 6.45) is 3.86. The number of nitrogens with two attached hydrogens (primary N) is 1. The molecule has 0 atom stereocenters. The number of hydrogen-bond donors (Lipinski definition) is 4. The summed E-state index contributed by atoms with van der Waals surface area (Å²) in [6.45, 7) is 1.01. The van der Waals surface area contributed by atoms with Crippen molar-refractivity contribution in [3.05, 3.63) is 18.2 Å². The van der Waals surface area contributed by atoms with Crippen LogP contribution in [0.2, 0.25) is 0 Å². The van der Waals surface area contributed by atoms with Crippen LogP contribution in [0, 0.1) is 0 Å². The van der Waals surface area contributed by atoms with Crippen LogP contribution in [0.25, 0.3) is 0 Å². The quantitative estimate of drug-likeness (QED) is 0.404. The van der Waals surface area contributed by atoms with Crippen molar-refractivity contribution >= 4 is 21.4 Å². The molecule has 0 fully saturated rings. The zero-order chi connectivity index (χ0) is 15.0. The van der Waals surface area contributed by atoms with Gasteiger partial charge in [0.05, 0.1) is 16.3 Å². The van der Waals surface area contributed by atoms with Gasteiger partial charge in [0.25, 0.3) is 0 Å². The summed E-state index contributed by atoms with van der Waals surface area (Å²) in [7, 11) is -2.09. The normalized spacial score (nSPS) is 11.5. The Bertz CT molecular complexity index is 518. The van der Waals surface area contributed by atoms with Gasteiger partial charge in [0.15, 0.2) is 0 Å². The number of hydrogen-bond acceptors (Lipinski definition) is 5. The van der Waals surface area contributed by atoms with Crippen LogP contribution in [0.4, 0.5) is 11.4 Å². The van der Waals surface area contributed by atoms with Gasteiger partial charge in [0, 0.05) is 13.2 Å². The van der Waals surface area contributed by atoms with Crippen molar-refractivity contribution in [3.8, 4) is 0 Å². The van der Waals surface area contributed by atoms with E-state index in [0.29, 0.717) is 5.69 Å². The second kappa shape index (κ2) is 8.08. The van der Waals surface area contributed by atoms with E-state index in [0.717, 1.165) is 37.9 Å². The molecule has 0 aliphatic rings. The molecule has 1 rings (SSSR count). The first-order chi connectivity index (χ1) is 9.51. The lowest BCUT2D eigenvalue weighted by Crippen LogP contribution is -2.18. The highest BCUT2D eigenvalue weighted by Crippen LogP contribution is 2.22. The standard InChI is InChI=1S/C13H23N3O3S/c1-15-20(18,19)11-6-7-13(12(14)10-11)16-8-4-2-3-5-9-17/h6-7,10,15-17H,2-5,8-9,14H2,1H3. The molecule has 0 aliphatic carbocycles. The molecule has 0 saturated heterocycles. The van der Waals surface area contributed by atoms with Gasteiger partial charge in [-0.1, -0.05) is 12.8 Å². The third-order valence-electron chi connectivity index (χ3n) is 3.00. The van der Waals surface area contributed by atoms with E-state index in [2.05, 4.69) is 10.0 Å². The highest BCUT2D eigenvalue weighted by atomic mass is 32.2. The molecule has 0 aromatic heterocycles. The predicted octanol–water partition coefficient (Wildman–Crippen LogP) is 1.14. The van der Waals surface area contributed by atoms with E-state index in [1.54, 1.807) is 6.07 Å². The van der Waals surface area contributed by atoms with Crippen LogP contribution in [0.5, 0.6) is 0 Å². The van der Waals surface area contributed by atoms with Crippen molar-refractivity contribution in [1.82, 2.24) is 4.72 Å². The fourth-order valence-electron chi connectivity index (χ4n) is 1.80. The molecule has 0 bridgehead atoms. The molecule has 0 radical (unpaired) electrons. The summed E-state index contributed by atoms with van der Waals surface area (Å²) in [5.41, 5.74) is 7.00. The molecule has 0 heterocycles. The SMILES string of the molecule is CNS(=O)(=O)c1ccc(NCCCCCCO)c(N)c1. The van der Waals surface area contributed by atoms with Crippen molar-refractivity contribution in [3.63, 3.8) is 0 Å². The molecular formula is C13H23N3O3S. The molecule has 6 nitrogen and oxygen atoms in total. The summed E-state index contributed by atoms with van der Waals surface area (Å²) in [5.74, 6) is 0. The van der Waals surface area contributed by atoms with E-state index < -0.39 is 10.0 Å². The zero-order valence-corrected chi connectivity index (χ0v) is 12.5. The first kappa shape index (κ1) is 16.7. The molecule has 1 aromatic carbocycles. The van der Waals surface area contributed by atoms with E-state index in [4.69, 9.17) is 10.8 Å². The first-order valence-corrected chi connectivity index (χ1v) is 8.17. The van der Waals surface area contributed by atoms with Crippen molar-refractivity contribution in [1.29, 1.82) is 0 Å². The molecule has 5 N–H and O–H groups in total. The average molecular weight is 301 g/mol. The maximum atomic E-state index is 11.6. The minimum atomic E-state index is -3.45. The molecular weight excluding hydrogens is 278 g/mol. The van der Waals surface area contributed by atoms with Crippen molar-refractivity contribution in [2.45, 2.75) is 30.6 Å². The van der Waals surface area contributed by atoms with Crippen molar-refractivity contribution < 1.29 is 13.5 Å². The summed E-state index contributed by atoms with van der Waals surface area (Å²) in [4.78, 5) is 0.158. The van der Waals surface area contributed by atoms with Gasteiger partial charge >= 0.3 is 0 Å². The number of aliphatic hydroxyl groups excluding tert-OH is 1. The Kier molecular flexibility index (Phi) is 6.77. The third-order valence-corrected chi connectivity index (χ3v) is 4.41. The van der Waals surface area contributed by atoms with Crippen LogP contribution in [-0.4, -0.2) is 33.7 Å². The first-order valence-electron chi connectivity index (χ1n) is 6.69. The van der Waals surface area contributed by atoms with E-state index in [1.807, 2.05) is 0 Å². The largest absolute Gasteiger partial charge is 0.397 e. The second-order valence-corrected chi connectivity index (χ2v) is 6.41. The number of rotatable bonds is 9. The molecule has 7 heteroatoms. The number of aliphatic hydroxyl groups is 1. The van der Waals surface area contributed by atoms with Gasteiger partial charge < -0.3 is 16.2 Å². The van der Waals surface area contributed by atoms with Gasteiger partial charge in [-0.15, -0.1) is 0 Å². The van der Waals surface area contributed by atoms with Crippen molar-refractivity contribution in [2.75, 3.05) is 31.2 Å². The van der Waals surface area contributed by atoms with E-state index in [9.17, 15) is 8.42 Å². The number of benzene rings is 1. The fraction of sp³-hybridized carbons (Fsp3) is 0.538. The molecule has 0 unspecified atom stereocenters. The van der Waals surface area contributed by atoms with Gasteiger partial charge in [0.2, 0.25) is 10.0 Å². The lowest BCUT2D eigenvalue weighted by Gasteiger charge is -2.11. The van der Waals surface area contributed by atoms with Crippen molar-refractivity contribution in [2.24, 2.45) is 0 Å². The van der Waals surface area contributed by atoms with Gasteiger partial charge in [-0.25, -0.2) is 13.1 Å². The highest BCUT2D eigenvalue weighted by Gasteiger charge is 2.12. The van der Waals surface area contributed by atoms with Crippen LogP contribution in [0.3, 0.4) is 0 Å². The number of unbranched alkanes of at least 4 members (excludes halogenated alkanes) is 3. The maximum Gasteiger partial charge on any atom is 0.240 e. The van der Waals surface area contributed by atoms with Crippen LogP contribution in [0.15, 0.2) is 23.1 Å². The van der Waals surface area contributed by atoms with Gasteiger partial charge in [0.1, 0.15) is 0 Å². The Morgan fingerprint density at radius 1 is 1.20 bits per heavy atom. The Morgan fingerprint density at radius 2 is 1.90 bits per heavy atom. The van der Waals surface area contributed by atoms with Crippen LogP contribution in [-0.2, 0) is 10.0 Å². The lowest BCUT2D eigenvalue weighted by atomic mass is 10.2. The molecule has 0 saturated carbocycles. The van der Waals surface area contributed by atoms with Crippen LogP contribution < -0.4 is 15.8 Å². The minimum absolute atomic E-state index is 0.158. The summed E-state index contributed by atoms with van der Waals surface area (Å²) in [5, 5.41) is 11.8. The zero-order valence-electron chi connectivity index (χ0n) is 11.7. The Morgan fingerprint density at radius 3 is 2.50 bits per heavy atom. The van der Waals surface area contributed by atoms with Gasteiger partial charge in [-0.05, 0) is 38.1 Å². The second-order valence-electron chi connectivity index (χ2n) is 4.52. The summed E-state index contributed by atoms with van der Waals surface area (Å²) >= 11 is 0. The molecule has 114 valence electrons. The van der Waals surface area contributed by atoms with E-state index in [-0.39, 0.29) is 11.5 Å². The highest BCUT2D eigenvalue weighted by molar-refractivity contribution is 7.89. The predicted molar refractivity (Wildman–Crippen MR) is 81.1 cm³/mol. The van der Waals surface area contributed by atoms with Gasteiger partial charge in [-0.2, -0.15) is 0 Å². The number of nitrogens with one attached hydrogen (secondary N) is 2. The molecule has 20 heavy (non-hydrogen) atoms. The molecule has 0 aliphatic heterocycles. The Labute approximate surface area is 120 Å². The van der Waals surface area contributed by atoms with E-state index in [1.165, 1.54) is 19.2 Å². The minimum Gasteiger partial charge on any atom is -0.397 e. The van der Waals surface area contributed by atoms with Crippen LogP contribution >= 0.6 is 0 Å². The third kappa shape index (κ3) is 4.99. The summed E-state index contributed by atoms with van der Waals surface area (Å²) < 4.78 is 25.5. The smallest absolute Gasteiger partial charge is 0.240 e. The maximum absolute atomic E-state index is 11.6. The molecule has 0 amide bonds. The lowest BCUT2D eigenvalue weighted by molar-refractivity contribution is 0.283. The number of nitrogen functional groups attached to an aromatic ring is 1. The number of anilines is 2. The Hall–Kier alpha value is -1.31. The number of sulfonamides is 1. The summed E-state index contributed by atoms with van der Waals surface area (Å²) in [6, 6.07) is 4.64.